The molecule has 1 rings (SSSR count). The molecule has 0 heterocycles. The van der Waals surface area contributed by atoms with E-state index < -0.39 is 35.2 Å². The van der Waals surface area contributed by atoms with Gasteiger partial charge in [0, 0.05) is 12.6 Å². The SMILES string of the molecule is CC(C)(C)OC(=O)NC[C@@H](Cc1ccc(F)cc1F)C(=O)O. The first-order valence-corrected chi connectivity index (χ1v) is 6.72. The summed E-state index contributed by atoms with van der Waals surface area (Å²) in [7, 11) is 0. The minimum absolute atomic E-state index is 0.0692. The Morgan fingerprint density at radius 2 is 1.95 bits per heavy atom. The van der Waals surface area contributed by atoms with E-state index in [0.717, 1.165) is 6.07 Å². The van der Waals surface area contributed by atoms with Crippen LogP contribution in [0.2, 0.25) is 0 Å². The van der Waals surface area contributed by atoms with Crippen LogP contribution in [0.3, 0.4) is 0 Å². The van der Waals surface area contributed by atoms with Crippen molar-refractivity contribution >= 4 is 12.1 Å². The zero-order chi connectivity index (χ0) is 16.9. The van der Waals surface area contributed by atoms with Crippen molar-refractivity contribution in [1.29, 1.82) is 0 Å². The van der Waals surface area contributed by atoms with E-state index in [4.69, 9.17) is 9.84 Å². The zero-order valence-corrected chi connectivity index (χ0v) is 12.7. The number of nitrogens with one attached hydrogen (secondary N) is 1. The number of amides is 1. The first-order valence-electron chi connectivity index (χ1n) is 6.72. The highest BCUT2D eigenvalue weighted by Gasteiger charge is 2.22. The Hall–Kier alpha value is -2.18. The van der Waals surface area contributed by atoms with E-state index >= 15 is 0 Å². The van der Waals surface area contributed by atoms with E-state index in [1.807, 2.05) is 0 Å². The average molecular weight is 315 g/mol. The van der Waals surface area contributed by atoms with Crippen LogP contribution in [-0.4, -0.2) is 29.3 Å². The number of carboxylic acids is 1. The molecule has 1 amide bonds. The topological polar surface area (TPSA) is 75.6 Å². The summed E-state index contributed by atoms with van der Waals surface area (Å²) >= 11 is 0. The summed E-state index contributed by atoms with van der Waals surface area (Å²) in [6.07, 6.45) is -0.921. The van der Waals surface area contributed by atoms with Gasteiger partial charge in [-0.2, -0.15) is 0 Å². The fourth-order valence-corrected chi connectivity index (χ4v) is 1.72. The van der Waals surface area contributed by atoms with E-state index in [9.17, 15) is 18.4 Å². The molecule has 0 fully saturated rings. The van der Waals surface area contributed by atoms with E-state index in [1.165, 1.54) is 6.07 Å². The summed E-state index contributed by atoms with van der Waals surface area (Å²) in [5.41, 5.74) is -0.633. The molecule has 22 heavy (non-hydrogen) atoms. The van der Waals surface area contributed by atoms with Crippen molar-refractivity contribution in [2.75, 3.05) is 6.54 Å². The van der Waals surface area contributed by atoms with Gasteiger partial charge in [0.1, 0.15) is 17.2 Å². The molecule has 2 N–H and O–H groups in total. The second kappa shape index (κ2) is 7.20. The van der Waals surface area contributed by atoms with Gasteiger partial charge < -0.3 is 15.2 Å². The number of carbonyl (C=O) groups excluding carboxylic acids is 1. The van der Waals surface area contributed by atoms with Crippen molar-refractivity contribution in [1.82, 2.24) is 5.32 Å². The number of benzene rings is 1. The lowest BCUT2D eigenvalue weighted by Crippen LogP contribution is -2.37. The smallest absolute Gasteiger partial charge is 0.407 e. The molecule has 0 unspecified atom stereocenters. The van der Waals surface area contributed by atoms with Gasteiger partial charge in [0.15, 0.2) is 0 Å². The predicted molar refractivity (Wildman–Crippen MR) is 75.4 cm³/mol. The molecule has 5 nitrogen and oxygen atoms in total. The molecule has 1 atom stereocenters. The van der Waals surface area contributed by atoms with Crippen molar-refractivity contribution in [3.8, 4) is 0 Å². The fourth-order valence-electron chi connectivity index (χ4n) is 1.72. The highest BCUT2D eigenvalue weighted by Crippen LogP contribution is 2.15. The van der Waals surface area contributed by atoms with Crippen molar-refractivity contribution in [3.05, 3.63) is 35.4 Å². The number of hydrogen-bond acceptors (Lipinski definition) is 3. The highest BCUT2D eigenvalue weighted by atomic mass is 19.1. The standard InChI is InChI=1S/C15H19F2NO4/c1-15(2,3)22-14(21)18-8-10(13(19)20)6-9-4-5-11(16)7-12(9)17/h4-5,7,10H,6,8H2,1-3H3,(H,18,21)(H,19,20)/t10-/m1/s1. The van der Waals surface area contributed by atoms with Crippen LogP contribution >= 0.6 is 0 Å². The first-order chi connectivity index (χ1) is 10.1. The second-order valence-electron chi connectivity index (χ2n) is 5.86. The molecule has 7 heteroatoms. The second-order valence-corrected chi connectivity index (χ2v) is 5.86. The highest BCUT2D eigenvalue weighted by molar-refractivity contribution is 5.73. The number of rotatable bonds is 5. The Bertz CT molecular complexity index is 555. The zero-order valence-electron chi connectivity index (χ0n) is 12.7. The van der Waals surface area contributed by atoms with E-state index in [-0.39, 0.29) is 18.5 Å². The molecule has 0 aliphatic carbocycles. The minimum Gasteiger partial charge on any atom is -0.481 e. The van der Waals surface area contributed by atoms with Gasteiger partial charge in [0.05, 0.1) is 5.92 Å². The van der Waals surface area contributed by atoms with E-state index in [2.05, 4.69) is 5.32 Å². The minimum atomic E-state index is -1.19. The van der Waals surface area contributed by atoms with Crippen molar-refractivity contribution in [2.24, 2.45) is 5.92 Å². The molecule has 0 aliphatic heterocycles. The molecule has 0 saturated carbocycles. The Balaban J connectivity index is 2.67. The van der Waals surface area contributed by atoms with Gasteiger partial charge in [-0.15, -0.1) is 0 Å². The van der Waals surface area contributed by atoms with Gasteiger partial charge in [-0.25, -0.2) is 13.6 Å². The van der Waals surface area contributed by atoms with Crippen LogP contribution in [-0.2, 0) is 16.0 Å². The van der Waals surface area contributed by atoms with Gasteiger partial charge in [-0.3, -0.25) is 4.79 Å². The summed E-state index contributed by atoms with van der Waals surface area (Å²) in [5, 5.41) is 11.5. The third-order valence-corrected chi connectivity index (χ3v) is 2.72. The largest absolute Gasteiger partial charge is 0.481 e. The quantitative estimate of drug-likeness (QED) is 0.876. The third-order valence-electron chi connectivity index (χ3n) is 2.72. The Morgan fingerprint density at radius 1 is 1.32 bits per heavy atom. The maximum absolute atomic E-state index is 13.6. The van der Waals surface area contributed by atoms with Crippen LogP contribution in [0.25, 0.3) is 0 Å². The van der Waals surface area contributed by atoms with Crippen LogP contribution < -0.4 is 5.32 Å². The predicted octanol–water partition coefficient (Wildman–Crippen LogP) is 2.73. The number of carboxylic acid groups (broad SMARTS) is 1. The van der Waals surface area contributed by atoms with Crippen LogP contribution in [0, 0.1) is 17.6 Å². The number of alkyl carbamates (subject to hydrolysis) is 1. The Kier molecular flexibility index (Phi) is 5.84. The number of hydrogen-bond donors (Lipinski definition) is 2. The van der Waals surface area contributed by atoms with E-state index in [0.29, 0.717) is 6.07 Å². The molecule has 0 aliphatic rings. The molecule has 1 aromatic carbocycles. The van der Waals surface area contributed by atoms with Crippen molar-refractivity contribution < 1.29 is 28.2 Å². The number of carbonyl (C=O) groups is 2. The molecule has 1 aromatic rings. The summed E-state index contributed by atoms with van der Waals surface area (Å²) in [5.74, 6) is -3.80. The van der Waals surface area contributed by atoms with Crippen molar-refractivity contribution in [3.63, 3.8) is 0 Å². The van der Waals surface area contributed by atoms with Crippen molar-refractivity contribution in [2.45, 2.75) is 32.8 Å². The molecule has 122 valence electrons. The molecule has 0 bridgehead atoms. The third kappa shape index (κ3) is 6.07. The van der Waals surface area contributed by atoms with Gasteiger partial charge in [0.25, 0.3) is 0 Å². The van der Waals surface area contributed by atoms with Crippen LogP contribution in [0.5, 0.6) is 0 Å². The number of ether oxygens (including phenoxy) is 1. The lowest BCUT2D eigenvalue weighted by atomic mass is 9.99. The van der Waals surface area contributed by atoms with Gasteiger partial charge >= 0.3 is 12.1 Å². The Labute approximate surface area is 127 Å². The lowest BCUT2D eigenvalue weighted by molar-refractivity contribution is -0.141. The first kappa shape index (κ1) is 17.9. The molecular formula is C15H19F2NO4. The Morgan fingerprint density at radius 3 is 2.45 bits per heavy atom. The monoisotopic (exact) mass is 315 g/mol. The fraction of sp³-hybridized carbons (Fsp3) is 0.467. The van der Waals surface area contributed by atoms with Gasteiger partial charge in [-0.1, -0.05) is 6.07 Å². The molecular weight excluding hydrogens is 296 g/mol. The number of aliphatic carboxylic acids is 1. The van der Waals surface area contributed by atoms with Crippen LogP contribution in [0.4, 0.5) is 13.6 Å². The average Bonchev–Trinajstić information content (AvgIpc) is 2.34. The molecule has 0 spiro atoms. The van der Waals surface area contributed by atoms with E-state index in [1.54, 1.807) is 20.8 Å². The normalized spacial score (nSPS) is 12.6. The summed E-state index contributed by atoms with van der Waals surface area (Å²) in [6, 6.07) is 2.93. The van der Waals surface area contributed by atoms with Crippen LogP contribution in [0.1, 0.15) is 26.3 Å². The number of halogens is 2. The lowest BCUT2D eigenvalue weighted by Gasteiger charge is -2.21. The summed E-state index contributed by atoms with van der Waals surface area (Å²) < 4.78 is 31.4. The molecule has 0 radical (unpaired) electrons. The molecule has 0 saturated heterocycles. The molecule has 0 aromatic heterocycles. The van der Waals surface area contributed by atoms with Crippen LogP contribution in [0.15, 0.2) is 18.2 Å². The maximum Gasteiger partial charge on any atom is 0.407 e. The maximum atomic E-state index is 13.6. The summed E-state index contributed by atoms with van der Waals surface area (Å²) in [6.45, 7) is 4.81. The summed E-state index contributed by atoms with van der Waals surface area (Å²) in [4.78, 5) is 22.7. The van der Waals surface area contributed by atoms with Gasteiger partial charge in [0.2, 0.25) is 0 Å². The van der Waals surface area contributed by atoms with Gasteiger partial charge in [-0.05, 0) is 38.8 Å².